The number of hydrogen-bond acceptors (Lipinski definition) is 3. The average molecular weight is 207 g/mol. The van der Waals surface area contributed by atoms with Gasteiger partial charge in [-0.15, -0.1) is 0 Å². The van der Waals surface area contributed by atoms with Gasteiger partial charge in [-0.1, -0.05) is 6.07 Å². The first-order chi connectivity index (χ1) is 7.11. The molecule has 15 heavy (non-hydrogen) atoms. The number of hydrogen-bond donors (Lipinski definition) is 1. The molecule has 0 spiro atoms. The van der Waals surface area contributed by atoms with Gasteiger partial charge < -0.3 is 4.74 Å². The number of ether oxygens (including phenoxy) is 1. The minimum Gasteiger partial charge on any atom is -0.488 e. The third-order valence-corrected chi connectivity index (χ3v) is 2.76. The van der Waals surface area contributed by atoms with Crippen molar-refractivity contribution in [3.05, 3.63) is 29.3 Å². The van der Waals surface area contributed by atoms with E-state index in [9.17, 15) is 0 Å². The second kappa shape index (κ2) is 3.83. The minimum absolute atomic E-state index is 0.0428. The van der Waals surface area contributed by atoms with Crippen molar-refractivity contribution in [3.8, 4) is 5.75 Å². The van der Waals surface area contributed by atoms with E-state index in [-0.39, 0.29) is 5.60 Å². The summed E-state index contributed by atoms with van der Waals surface area (Å²) < 4.78 is 5.88. The fourth-order valence-electron chi connectivity index (χ4n) is 1.90. The molecule has 0 aliphatic carbocycles. The van der Waals surface area contributed by atoms with Crippen LogP contribution < -0.4 is 10.6 Å². The van der Waals surface area contributed by atoms with E-state index in [4.69, 9.17) is 10.6 Å². The molecule has 0 saturated heterocycles. The van der Waals surface area contributed by atoms with E-state index in [1.54, 1.807) is 0 Å². The van der Waals surface area contributed by atoms with Gasteiger partial charge in [0.05, 0.1) is 6.61 Å². The van der Waals surface area contributed by atoms with Crippen LogP contribution in [0.25, 0.3) is 0 Å². The molecule has 0 fully saturated rings. The van der Waals surface area contributed by atoms with Gasteiger partial charge in [-0.05, 0) is 49.9 Å². The quantitative estimate of drug-likeness (QED) is 0.756. The Labute approximate surface area is 90.1 Å². The van der Waals surface area contributed by atoms with Gasteiger partial charge in [0.2, 0.25) is 0 Å². The van der Waals surface area contributed by atoms with E-state index in [0.29, 0.717) is 6.61 Å². The second-order valence-electron chi connectivity index (χ2n) is 4.61. The summed E-state index contributed by atoms with van der Waals surface area (Å²) >= 11 is 0. The number of rotatable bonds is 2. The monoisotopic (exact) mass is 207 g/mol. The SMILES string of the molecule is CC1(C)CCc2cc(CON)ccc2O1. The van der Waals surface area contributed by atoms with E-state index in [1.165, 1.54) is 5.56 Å². The highest BCUT2D eigenvalue weighted by molar-refractivity contribution is 5.39. The summed E-state index contributed by atoms with van der Waals surface area (Å²) in [5, 5.41) is 0. The zero-order valence-corrected chi connectivity index (χ0v) is 9.25. The fraction of sp³-hybridized carbons (Fsp3) is 0.500. The van der Waals surface area contributed by atoms with Gasteiger partial charge in [0.1, 0.15) is 11.4 Å². The number of benzene rings is 1. The highest BCUT2D eigenvalue weighted by Gasteiger charge is 2.26. The average Bonchev–Trinajstić information content (AvgIpc) is 2.18. The van der Waals surface area contributed by atoms with Crippen molar-refractivity contribution in [2.75, 3.05) is 0 Å². The van der Waals surface area contributed by atoms with Gasteiger partial charge in [0.15, 0.2) is 0 Å². The van der Waals surface area contributed by atoms with Crippen LogP contribution in [0.15, 0.2) is 18.2 Å². The van der Waals surface area contributed by atoms with Crippen molar-refractivity contribution in [1.82, 2.24) is 0 Å². The molecule has 82 valence electrons. The Hall–Kier alpha value is -1.06. The molecular weight excluding hydrogens is 190 g/mol. The highest BCUT2D eigenvalue weighted by atomic mass is 16.6. The Bertz CT molecular complexity index is 361. The first-order valence-electron chi connectivity index (χ1n) is 5.23. The number of nitrogens with two attached hydrogens (primary N) is 1. The predicted molar refractivity (Wildman–Crippen MR) is 58.4 cm³/mol. The van der Waals surface area contributed by atoms with Crippen molar-refractivity contribution in [2.45, 2.75) is 38.9 Å². The molecule has 3 nitrogen and oxygen atoms in total. The Balaban J connectivity index is 2.24. The van der Waals surface area contributed by atoms with Crippen LogP contribution in [-0.2, 0) is 17.9 Å². The summed E-state index contributed by atoms with van der Waals surface area (Å²) in [5.41, 5.74) is 2.31. The van der Waals surface area contributed by atoms with Gasteiger partial charge in [0, 0.05) is 0 Å². The van der Waals surface area contributed by atoms with E-state index in [0.717, 1.165) is 24.2 Å². The molecule has 0 bridgehead atoms. The zero-order chi connectivity index (χ0) is 10.9. The van der Waals surface area contributed by atoms with Crippen LogP contribution in [0.4, 0.5) is 0 Å². The van der Waals surface area contributed by atoms with E-state index in [2.05, 4.69) is 24.8 Å². The topological polar surface area (TPSA) is 44.5 Å². The lowest BCUT2D eigenvalue weighted by atomic mass is 9.93. The number of aryl methyl sites for hydroxylation is 1. The maximum absolute atomic E-state index is 5.88. The van der Waals surface area contributed by atoms with Crippen LogP contribution in [0.2, 0.25) is 0 Å². The van der Waals surface area contributed by atoms with Gasteiger partial charge >= 0.3 is 0 Å². The standard InChI is InChI=1S/C12H17NO2/c1-12(2)6-5-10-7-9(8-14-13)3-4-11(10)15-12/h3-4,7H,5-6,8,13H2,1-2H3. The molecule has 0 unspecified atom stereocenters. The Kier molecular flexibility index (Phi) is 2.67. The van der Waals surface area contributed by atoms with E-state index in [1.807, 2.05) is 12.1 Å². The van der Waals surface area contributed by atoms with Crippen LogP contribution in [0, 0.1) is 0 Å². The molecule has 1 heterocycles. The molecule has 3 heteroatoms. The number of fused-ring (bicyclic) bond motifs is 1. The fourth-order valence-corrected chi connectivity index (χ4v) is 1.90. The largest absolute Gasteiger partial charge is 0.488 e. The van der Waals surface area contributed by atoms with Crippen molar-refractivity contribution in [2.24, 2.45) is 5.90 Å². The summed E-state index contributed by atoms with van der Waals surface area (Å²) in [6, 6.07) is 6.11. The van der Waals surface area contributed by atoms with Gasteiger partial charge in [-0.3, -0.25) is 4.84 Å². The van der Waals surface area contributed by atoms with E-state index >= 15 is 0 Å². The maximum Gasteiger partial charge on any atom is 0.123 e. The predicted octanol–water partition coefficient (Wildman–Crippen LogP) is 2.18. The third-order valence-electron chi connectivity index (χ3n) is 2.76. The lowest BCUT2D eigenvalue weighted by molar-refractivity contribution is 0.0842. The molecule has 2 rings (SSSR count). The van der Waals surface area contributed by atoms with Crippen LogP contribution in [-0.4, -0.2) is 5.60 Å². The molecule has 1 aromatic rings. The molecule has 0 radical (unpaired) electrons. The second-order valence-corrected chi connectivity index (χ2v) is 4.61. The van der Waals surface area contributed by atoms with E-state index < -0.39 is 0 Å². The first-order valence-corrected chi connectivity index (χ1v) is 5.23. The van der Waals surface area contributed by atoms with Crippen LogP contribution in [0.3, 0.4) is 0 Å². The molecular formula is C12H17NO2. The molecule has 1 aromatic carbocycles. The Morgan fingerprint density at radius 1 is 1.47 bits per heavy atom. The molecule has 1 aliphatic rings. The van der Waals surface area contributed by atoms with Crippen LogP contribution in [0.1, 0.15) is 31.4 Å². The smallest absolute Gasteiger partial charge is 0.123 e. The summed E-state index contributed by atoms with van der Waals surface area (Å²) in [4.78, 5) is 4.62. The molecule has 1 aliphatic heterocycles. The van der Waals surface area contributed by atoms with Gasteiger partial charge in [-0.2, -0.15) is 0 Å². The molecule has 0 aromatic heterocycles. The van der Waals surface area contributed by atoms with Gasteiger partial charge in [-0.25, -0.2) is 5.90 Å². The van der Waals surface area contributed by atoms with Crippen LogP contribution in [0.5, 0.6) is 5.75 Å². The maximum atomic E-state index is 5.88. The normalized spacial score (nSPS) is 18.1. The third kappa shape index (κ3) is 2.30. The summed E-state index contributed by atoms with van der Waals surface area (Å²) in [5.74, 6) is 6.04. The summed E-state index contributed by atoms with van der Waals surface area (Å²) in [6.45, 7) is 4.69. The van der Waals surface area contributed by atoms with Gasteiger partial charge in [0.25, 0.3) is 0 Å². The summed E-state index contributed by atoms with van der Waals surface area (Å²) in [6.07, 6.45) is 2.10. The lowest BCUT2D eigenvalue weighted by Crippen LogP contribution is -2.32. The summed E-state index contributed by atoms with van der Waals surface area (Å²) in [7, 11) is 0. The molecule has 0 atom stereocenters. The van der Waals surface area contributed by atoms with Crippen molar-refractivity contribution < 1.29 is 9.57 Å². The van der Waals surface area contributed by atoms with Crippen molar-refractivity contribution in [3.63, 3.8) is 0 Å². The molecule has 0 amide bonds. The van der Waals surface area contributed by atoms with Crippen molar-refractivity contribution in [1.29, 1.82) is 0 Å². The molecule has 0 saturated carbocycles. The Morgan fingerprint density at radius 2 is 2.27 bits per heavy atom. The zero-order valence-electron chi connectivity index (χ0n) is 9.25. The Morgan fingerprint density at radius 3 is 3.00 bits per heavy atom. The first kappa shape index (κ1) is 10.5. The van der Waals surface area contributed by atoms with Crippen molar-refractivity contribution >= 4 is 0 Å². The minimum atomic E-state index is -0.0428. The highest BCUT2D eigenvalue weighted by Crippen LogP contribution is 2.33. The molecule has 2 N–H and O–H groups in total. The van der Waals surface area contributed by atoms with Crippen LogP contribution >= 0.6 is 0 Å². The lowest BCUT2D eigenvalue weighted by Gasteiger charge is -2.32.